The van der Waals surface area contributed by atoms with E-state index in [9.17, 15) is 9.59 Å². The predicted octanol–water partition coefficient (Wildman–Crippen LogP) is 2.37. The highest BCUT2D eigenvalue weighted by atomic mass is 16.5. The Morgan fingerprint density at radius 1 is 1.26 bits per heavy atom. The molecule has 1 atom stereocenters. The van der Waals surface area contributed by atoms with Crippen LogP contribution in [-0.2, 0) is 9.59 Å². The largest absolute Gasteiger partial charge is 0.495 e. The number of hydrogen-bond acceptors (Lipinski definition) is 3. The molecule has 1 heterocycles. The van der Waals surface area contributed by atoms with Crippen LogP contribution in [0.15, 0.2) is 18.2 Å². The summed E-state index contributed by atoms with van der Waals surface area (Å²) in [6.07, 6.45) is 3.05. The van der Waals surface area contributed by atoms with Gasteiger partial charge in [0, 0.05) is 19.0 Å². The molecule has 5 heteroatoms. The summed E-state index contributed by atoms with van der Waals surface area (Å²) in [5.74, 6) is 0.931. The molecule has 1 aliphatic heterocycles. The van der Waals surface area contributed by atoms with Gasteiger partial charge in [-0.2, -0.15) is 0 Å². The Hall–Kier alpha value is -2.04. The second-order valence-corrected chi connectivity index (χ2v) is 6.50. The van der Waals surface area contributed by atoms with Crippen LogP contribution >= 0.6 is 0 Å². The van der Waals surface area contributed by atoms with E-state index in [1.54, 1.807) is 16.9 Å². The van der Waals surface area contributed by atoms with Crippen LogP contribution < -0.4 is 9.64 Å². The van der Waals surface area contributed by atoms with Gasteiger partial charge >= 0.3 is 0 Å². The average molecular weight is 316 g/mol. The number of ether oxygens (including phenoxy) is 1. The number of aryl methyl sites for hydroxylation is 1. The van der Waals surface area contributed by atoms with Crippen molar-refractivity contribution >= 4 is 17.5 Å². The highest BCUT2D eigenvalue weighted by molar-refractivity contribution is 6.01. The molecule has 23 heavy (non-hydrogen) atoms. The summed E-state index contributed by atoms with van der Waals surface area (Å²) in [5.41, 5.74) is 1.87. The maximum Gasteiger partial charge on any atom is 0.249 e. The van der Waals surface area contributed by atoms with Crippen molar-refractivity contribution in [3.05, 3.63) is 23.8 Å². The molecule has 1 aromatic carbocycles. The van der Waals surface area contributed by atoms with Gasteiger partial charge in [-0.1, -0.05) is 12.5 Å². The summed E-state index contributed by atoms with van der Waals surface area (Å²) in [6.45, 7) is 4.92. The molecule has 3 rings (SSSR count). The summed E-state index contributed by atoms with van der Waals surface area (Å²) in [5, 5.41) is 0. The van der Waals surface area contributed by atoms with Gasteiger partial charge in [-0.05, 0) is 44.4 Å². The monoisotopic (exact) mass is 316 g/mol. The highest BCUT2D eigenvalue weighted by Gasteiger charge is 2.39. The molecule has 5 nitrogen and oxygen atoms in total. The fraction of sp³-hybridized carbons (Fsp3) is 0.556. The van der Waals surface area contributed by atoms with E-state index in [-0.39, 0.29) is 17.7 Å². The lowest BCUT2D eigenvalue weighted by Gasteiger charge is -2.42. The third-order valence-electron chi connectivity index (χ3n) is 5.02. The van der Waals surface area contributed by atoms with Crippen LogP contribution in [0.4, 0.5) is 5.69 Å². The molecule has 1 unspecified atom stereocenters. The maximum absolute atomic E-state index is 12.8. The summed E-state index contributed by atoms with van der Waals surface area (Å²) in [7, 11) is 1.61. The lowest BCUT2D eigenvalue weighted by atomic mass is 9.84. The summed E-state index contributed by atoms with van der Waals surface area (Å²) in [6, 6.07) is 5.40. The number of anilines is 1. The first-order valence-corrected chi connectivity index (χ1v) is 8.29. The third kappa shape index (κ3) is 2.80. The number of hydrogen-bond donors (Lipinski definition) is 0. The van der Waals surface area contributed by atoms with Gasteiger partial charge in [0.15, 0.2) is 0 Å². The molecule has 0 spiro atoms. The fourth-order valence-electron chi connectivity index (χ4n) is 3.31. The predicted molar refractivity (Wildman–Crippen MR) is 88.6 cm³/mol. The Balaban J connectivity index is 1.81. The zero-order valence-electron chi connectivity index (χ0n) is 14.0. The topological polar surface area (TPSA) is 49.9 Å². The maximum atomic E-state index is 12.8. The lowest BCUT2D eigenvalue weighted by molar-refractivity contribution is -0.146. The van der Waals surface area contributed by atoms with Crippen molar-refractivity contribution in [2.45, 2.75) is 39.2 Å². The molecular weight excluding hydrogens is 292 g/mol. The van der Waals surface area contributed by atoms with Gasteiger partial charge in [-0.15, -0.1) is 0 Å². The molecular formula is C18H24N2O3. The van der Waals surface area contributed by atoms with Crippen LogP contribution in [0.25, 0.3) is 0 Å². The molecule has 0 N–H and O–H groups in total. The number of methoxy groups -OCH3 is 1. The van der Waals surface area contributed by atoms with Crippen LogP contribution in [0.1, 0.15) is 31.7 Å². The smallest absolute Gasteiger partial charge is 0.249 e. The molecule has 2 amide bonds. The summed E-state index contributed by atoms with van der Waals surface area (Å²) >= 11 is 0. The zero-order chi connectivity index (χ0) is 16.6. The van der Waals surface area contributed by atoms with E-state index in [0.29, 0.717) is 18.8 Å². The van der Waals surface area contributed by atoms with Gasteiger partial charge in [0.2, 0.25) is 11.8 Å². The third-order valence-corrected chi connectivity index (χ3v) is 5.02. The van der Waals surface area contributed by atoms with Gasteiger partial charge in [0.25, 0.3) is 0 Å². The normalized spacial score (nSPS) is 22.0. The van der Waals surface area contributed by atoms with E-state index in [4.69, 9.17) is 4.74 Å². The van der Waals surface area contributed by atoms with Gasteiger partial charge in [0.1, 0.15) is 11.8 Å². The Morgan fingerprint density at radius 3 is 2.61 bits per heavy atom. The van der Waals surface area contributed by atoms with Crippen LogP contribution in [0.5, 0.6) is 5.75 Å². The number of amides is 2. The Morgan fingerprint density at radius 2 is 2.00 bits per heavy atom. The van der Waals surface area contributed by atoms with Crippen LogP contribution in [-0.4, -0.2) is 43.0 Å². The lowest BCUT2D eigenvalue weighted by Crippen LogP contribution is -2.59. The molecule has 1 saturated heterocycles. The van der Waals surface area contributed by atoms with Gasteiger partial charge in [-0.25, -0.2) is 0 Å². The summed E-state index contributed by atoms with van der Waals surface area (Å²) < 4.78 is 5.40. The van der Waals surface area contributed by atoms with Crippen LogP contribution in [0, 0.1) is 12.8 Å². The standard InChI is InChI=1S/C18H24N2O3/c1-12-7-8-16(23-3)15(11-12)20-10-9-19(13(2)17(20)21)18(22)14-5-4-6-14/h7-8,11,13-14H,4-6,9-10H2,1-3H3. The number of benzene rings is 1. The number of piperazine rings is 1. The van der Waals surface area contributed by atoms with E-state index >= 15 is 0 Å². The summed E-state index contributed by atoms with van der Waals surface area (Å²) in [4.78, 5) is 28.8. The molecule has 1 aliphatic carbocycles. The Kier molecular flexibility index (Phi) is 4.28. The van der Waals surface area contributed by atoms with Crippen molar-refractivity contribution in [1.29, 1.82) is 0 Å². The van der Waals surface area contributed by atoms with Crippen molar-refractivity contribution in [2.75, 3.05) is 25.1 Å². The van der Waals surface area contributed by atoms with Crippen molar-refractivity contribution in [3.8, 4) is 5.75 Å². The number of carbonyl (C=O) groups excluding carboxylic acids is 2. The average Bonchev–Trinajstić information content (AvgIpc) is 2.48. The first kappa shape index (κ1) is 15.8. The molecule has 0 aromatic heterocycles. The molecule has 1 aromatic rings. The first-order valence-electron chi connectivity index (χ1n) is 8.29. The van der Waals surface area contributed by atoms with Crippen molar-refractivity contribution < 1.29 is 14.3 Å². The number of nitrogens with zero attached hydrogens (tertiary/aromatic N) is 2. The first-order chi connectivity index (χ1) is 11.0. The molecule has 0 bridgehead atoms. The minimum atomic E-state index is -0.415. The van der Waals surface area contributed by atoms with E-state index in [0.717, 1.165) is 30.5 Å². The van der Waals surface area contributed by atoms with E-state index in [1.807, 2.05) is 32.0 Å². The Bertz CT molecular complexity index is 625. The molecule has 2 aliphatic rings. The van der Waals surface area contributed by atoms with Crippen molar-refractivity contribution in [2.24, 2.45) is 5.92 Å². The van der Waals surface area contributed by atoms with E-state index in [2.05, 4.69) is 0 Å². The van der Waals surface area contributed by atoms with Gasteiger partial charge < -0.3 is 14.5 Å². The second kappa shape index (κ2) is 6.22. The zero-order valence-corrected chi connectivity index (χ0v) is 14.0. The van der Waals surface area contributed by atoms with Crippen LogP contribution in [0.2, 0.25) is 0 Å². The van der Waals surface area contributed by atoms with Gasteiger partial charge in [0.05, 0.1) is 12.8 Å². The second-order valence-electron chi connectivity index (χ2n) is 6.50. The van der Waals surface area contributed by atoms with Crippen LogP contribution in [0.3, 0.4) is 0 Å². The number of rotatable bonds is 3. The van der Waals surface area contributed by atoms with E-state index in [1.165, 1.54) is 0 Å². The minimum absolute atomic E-state index is 0.0344. The SMILES string of the molecule is COc1ccc(C)cc1N1CCN(C(=O)C2CCC2)C(C)C1=O. The van der Waals surface area contributed by atoms with Crippen molar-refractivity contribution in [3.63, 3.8) is 0 Å². The molecule has 2 fully saturated rings. The quantitative estimate of drug-likeness (QED) is 0.860. The molecule has 124 valence electrons. The number of carbonyl (C=O) groups is 2. The van der Waals surface area contributed by atoms with Gasteiger partial charge in [-0.3, -0.25) is 9.59 Å². The highest BCUT2D eigenvalue weighted by Crippen LogP contribution is 2.33. The minimum Gasteiger partial charge on any atom is -0.495 e. The molecule has 0 radical (unpaired) electrons. The van der Waals surface area contributed by atoms with E-state index < -0.39 is 6.04 Å². The fourth-order valence-corrected chi connectivity index (χ4v) is 3.31. The Labute approximate surface area is 137 Å². The van der Waals surface area contributed by atoms with Crippen molar-refractivity contribution in [1.82, 2.24) is 4.90 Å². The molecule has 1 saturated carbocycles.